The highest BCUT2D eigenvalue weighted by atomic mass is 35.5. The predicted octanol–water partition coefficient (Wildman–Crippen LogP) is 2.20. The number of fused-ring (bicyclic) bond motifs is 1. The molecule has 2 aliphatic rings. The number of carbonyl (C=O) groups is 2. The van der Waals surface area contributed by atoms with E-state index in [-0.39, 0.29) is 35.6 Å². The molecule has 1 aromatic carbocycles. The predicted molar refractivity (Wildman–Crippen MR) is 97.1 cm³/mol. The van der Waals surface area contributed by atoms with Gasteiger partial charge in [0.1, 0.15) is 0 Å². The van der Waals surface area contributed by atoms with Gasteiger partial charge in [-0.05, 0) is 42.9 Å². The molecule has 132 valence electrons. The average Bonchev–Trinajstić information content (AvgIpc) is 2.96. The van der Waals surface area contributed by atoms with Gasteiger partial charge in [-0.1, -0.05) is 25.1 Å². The Balaban J connectivity index is 0.00000208. The Labute approximate surface area is 149 Å². The molecule has 1 aromatic rings. The molecule has 3 rings (SSSR count). The van der Waals surface area contributed by atoms with E-state index in [2.05, 4.69) is 12.2 Å². The number of para-hydroxylation sites is 1. The first-order valence-corrected chi connectivity index (χ1v) is 8.37. The summed E-state index contributed by atoms with van der Waals surface area (Å²) in [4.78, 5) is 26.5. The van der Waals surface area contributed by atoms with E-state index >= 15 is 0 Å². The number of amides is 2. The van der Waals surface area contributed by atoms with Crippen molar-refractivity contribution in [2.45, 2.75) is 32.6 Å². The molecule has 0 spiro atoms. The van der Waals surface area contributed by atoms with Gasteiger partial charge in [0, 0.05) is 31.1 Å². The fraction of sp³-hybridized carbons (Fsp3) is 0.556. The standard InChI is InChI=1S/C18H25N3O2.ClH/c1-18(11-19)8-9-21(12-18)16(22)7-6-14-10-13-4-2-3-5-15(13)20-17(14)23;/h2-5,14H,6-12,19H2,1H3,(H,20,23);1H. The fourth-order valence-electron chi connectivity index (χ4n) is 3.51. The van der Waals surface area contributed by atoms with Crippen LogP contribution in [-0.4, -0.2) is 36.3 Å². The molecule has 0 bridgehead atoms. The third kappa shape index (κ3) is 3.90. The second kappa shape index (κ2) is 7.53. The lowest BCUT2D eigenvalue weighted by Crippen LogP contribution is -2.35. The van der Waals surface area contributed by atoms with Gasteiger partial charge < -0.3 is 16.0 Å². The SMILES string of the molecule is CC1(CN)CCN(C(=O)CCC2Cc3ccccc3NC2=O)C1.Cl. The molecule has 2 heterocycles. The number of hydrogen-bond acceptors (Lipinski definition) is 3. The summed E-state index contributed by atoms with van der Waals surface area (Å²) in [5, 5.41) is 2.95. The maximum atomic E-state index is 12.4. The van der Waals surface area contributed by atoms with Crippen molar-refractivity contribution >= 4 is 29.9 Å². The summed E-state index contributed by atoms with van der Waals surface area (Å²) in [5.74, 6) is 0.0656. The highest BCUT2D eigenvalue weighted by molar-refractivity contribution is 5.96. The van der Waals surface area contributed by atoms with Crippen molar-refractivity contribution in [1.82, 2.24) is 4.90 Å². The maximum Gasteiger partial charge on any atom is 0.227 e. The largest absolute Gasteiger partial charge is 0.342 e. The monoisotopic (exact) mass is 351 g/mol. The molecule has 0 radical (unpaired) electrons. The first-order chi connectivity index (χ1) is 11.0. The zero-order chi connectivity index (χ0) is 16.4. The molecule has 2 atom stereocenters. The van der Waals surface area contributed by atoms with Crippen LogP contribution < -0.4 is 11.1 Å². The third-order valence-corrected chi connectivity index (χ3v) is 5.22. The van der Waals surface area contributed by atoms with Crippen LogP contribution in [0.3, 0.4) is 0 Å². The number of nitrogens with zero attached hydrogens (tertiary/aromatic N) is 1. The molecular formula is C18H26ClN3O2. The Hall–Kier alpha value is -1.59. The summed E-state index contributed by atoms with van der Waals surface area (Å²) in [7, 11) is 0. The van der Waals surface area contributed by atoms with E-state index < -0.39 is 0 Å². The average molecular weight is 352 g/mol. The summed E-state index contributed by atoms with van der Waals surface area (Å²) in [6, 6.07) is 7.87. The molecule has 1 saturated heterocycles. The van der Waals surface area contributed by atoms with Gasteiger partial charge in [0.25, 0.3) is 0 Å². The van der Waals surface area contributed by atoms with Crippen molar-refractivity contribution in [2.24, 2.45) is 17.1 Å². The van der Waals surface area contributed by atoms with E-state index in [0.717, 1.165) is 37.2 Å². The van der Waals surface area contributed by atoms with Crippen LogP contribution in [0, 0.1) is 11.3 Å². The molecule has 2 unspecified atom stereocenters. The van der Waals surface area contributed by atoms with Crippen molar-refractivity contribution in [1.29, 1.82) is 0 Å². The highest BCUT2D eigenvalue weighted by Crippen LogP contribution is 2.30. The second-order valence-corrected chi connectivity index (χ2v) is 7.17. The third-order valence-electron chi connectivity index (χ3n) is 5.22. The summed E-state index contributed by atoms with van der Waals surface area (Å²) < 4.78 is 0. The quantitative estimate of drug-likeness (QED) is 0.873. The van der Waals surface area contributed by atoms with Crippen LogP contribution >= 0.6 is 12.4 Å². The normalized spacial score (nSPS) is 25.7. The first-order valence-electron chi connectivity index (χ1n) is 8.37. The maximum absolute atomic E-state index is 12.4. The van der Waals surface area contributed by atoms with Crippen LogP contribution in [0.25, 0.3) is 0 Å². The summed E-state index contributed by atoms with van der Waals surface area (Å²) in [6.07, 6.45) is 2.72. The fourth-order valence-corrected chi connectivity index (χ4v) is 3.51. The molecule has 1 fully saturated rings. The zero-order valence-electron chi connectivity index (χ0n) is 14.1. The van der Waals surface area contributed by atoms with E-state index in [1.54, 1.807) is 0 Å². The van der Waals surface area contributed by atoms with Gasteiger partial charge in [-0.2, -0.15) is 0 Å². The molecule has 5 nitrogen and oxygen atoms in total. The molecule has 2 aliphatic heterocycles. The number of anilines is 1. The van der Waals surface area contributed by atoms with Crippen molar-refractivity contribution < 1.29 is 9.59 Å². The van der Waals surface area contributed by atoms with Crippen LogP contribution in [0.5, 0.6) is 0 Å². The molecule has 0 saturated carbocycles. The summed E-state index contributed by atoms with van der Waals surface area (Å²) in [5.41, 5.74) is 7.90. The Morgan fingerprint density at radius 3 is 2.88 bits per heavy atom. The van der Waals surface area contributed by atoms with Crippen molar-refractivity contribution in [3.63, 3.8) is 0 Å². The van der Waals surface area contributed by atoms with Gasteiger partial charge in [-0.3, -0.25) is 9.59 Å². The van der Waals surface area contributed by atoms with Crippen molar-refractivity contribution in [3.8, 4) is 0 Å². The number of rotatable bonds is 4. The van der Waals surface area contributed by atoms with Gasteiger partial charge in [-0.15, -0.1) is 12.4 Å². The van der Waals surface area contributed by atoms with Gasteiger partial charge >= 0.3 is 0 Å². The van der Waals surface area contributed by atoms with Gasteiger partial charge in [0.2, 0.25) is 11.8 Å². The number of halogens is 1. The van der Waals surface area contributed by atoms with Crippen LogP contribution in [0.4, 0.5) is 5.69 Å². The smallest absolute Gasteiger partial charge is 0.227 e. The second-order valence-electron chi connectivity index (χ2n) is 7.17. The molecule has 0 aromatic heterocycles. The van der Waals surface area contributed by atoms with Gasteiger partial charge in [0.15, 0.2) is 0 Å². The Morgan fingerprint density at radius 1 is 1.42 bits per heavy atom. The number of hydrogen-bond donors (Lipinski definition) is 2. The minimum absolute atomic E-state index is 0. The Bertz CT molecular complexity index is 622. The Morgan fingerprint density at radius 2 is 2.17 bits per heavy atom. The molecular weight excluding hydrogens is 326 g/mol. The topological polar surface area (TPSA) is 75.4 Å². The first kappa shape index (κ1) is 18.7. The highest BCUT2D eigenvalue weighted by Gasteiger charge is 2.35. The lowest BCUT2D eigenvalue weighted by Gasteiger charge is -2.26. The summed E-state index contributed by atoms with van der Waals surface area (Å²) >= 11 is 0. The molecule has 24 heavy (non-hydrogen) atoms. The number of carbonyl (C=O) groups excluding carboxylic acids is 2. The van der Waals surface area contributed by atoms with E-state index in [9.17, 15) is 9.59 Å². The number of likely N-dealkylation sites (tertiary alicyclic amines) is 1. The zero-order valence-corrected chi connectivity index (χ0v) is 14.9. The lowest BCUT2D eigenvalue weighted by molar-refractivity contribution is -0.131. The van der Waals surface area contributed by atoms with Crippen molar-refractivity contribution in [3.05, 3.63) is 29.8 Å². The number of nitrogens with two attached hydrogens (primary N) is 1. The van der Waals surface area contributed by atoms with Gasteiger partial charge in [0.05, 0.1) is 0 Å². The van der Waals surface area contributed by atoms with Crippen LogP contribution in [0.1, 0.15) is 31.7 Å². The lowest BCUT2D eigenvalue weighted by atomic mass is 9.89. The Kier molecular flexibility index (Phi) is 5.88. The molecule has 3 N–H and O–H groups in total. The minimum Gasteiger partial charge on any atom is -0.342 e. The molecule has 6 heteroatoms. The summed E-state index contributed by atoms with van der Waals surface area (Å²) in [6.45, 7) is 4.26. The van der Waals surface area contributed by atoms with Crippen LogP contribution in [0.15, 0.2) is 24.3 Å². The molecule has 2 amide bonds. The molecule has 0 aliphatic carbocycles. The van der Waals surface area contributed by atoms with E-state index in [0.29, 0.717) is 19.4 Å². The number of nitrogens with one attached hydrogen (secondary N) is 1. The van der Waals surface area contributed by atoms with Crippen molar-refractivity contribution in [2.75, 3.05) is 25.0 Å². The van der Waals surface area contributed by atoms with Crippen LogP contribution in [0.2, 0.25) is 0 Å². The van der Waals surface area contributed by atoms with E-state index in [4.69, 9.17) is 5.73 Å². The minimum atomic E-state index is -0.114. The van der Waals surface area contributed by atoms with E-state index in [1.165, 1.54) is 0 Å². The van der Waals surface area contributed by atoms with Gasteiger partial charge in [-0.25, -0.2) is 0 Å². The van der Waals surface area contributed by atoms with E-state index in [1.807, 2.05) is 29.2 Å². The number of benzene rings is 1. The van der Waals surface area contributed by atoms with Crippen LogP contribution in [-0.2, 0) is 16.0 Å².